The minimum absolute atomic E-state index is 0.401. The Morgan fingerprint density at radius 3 is 2.75 bits per heavy atom. The Labute approximate surface area is 116 Å². The fourth-order valence-electron chi connectivity index (χ4n) is 2.14. The normalized spacial score (nSPS) is 10.8. The molecule has 1 aromatic heterocycles. The number of hydrogen-bond acceptors (Lipinski definition) is 4. The Hall–Kier alpha value is -2.82. The van der Waals surface area contributed by atoms with Crippen molar-refractivity contribution in [3.8, 4) is 0 Å². The number of aromatic nitrogens is 2. The van der Waals surface area contributed by atoms with Gasteiger partial charge in [0.15, 0.2) is 5.82 Å². The second-order valence-electron chi connectivity index (χ2n) is 4.72. The molecule has 0 aliphatic heterocycles. The standard InChI is InChI=1S/C15H15N5/c16-10-5-6-13-14(8-10)20-15(19-13)12(18)7-9-3-1-2-4-11(9)17/h1-6,8,18H,7,16-17H2,(H,19,20). The van der Waals surface area contributed by atoms with Crippen LogP contribution in [0, 0.1) is 5.41 Å². The maximum Gasteiger partial charge on any atom is 0.152 e. The lowest BCUT2D eigenvalue weighted by Gasteiger charge is -2.04. The van der Waals surface area contributed by atoms with Crippen molar-refractivity contribution < 1.29 is 0 Å². The first kappa shape index (κ1) is 12.2. The second-order valence-corrected chi connectivity index (χ2v) is 4.72. The van der Waals surface area contributed by atoms with Crippen LogP contribution < -0.4 is 11.5 Å². The van der Waals surface area contributed by atoms with E-state index in [0.29, 0.717) is 29.3 Å². The summed E-state index contributed by atoms with van der Waals surface area (Å²) in [6.07, 6.45) is 0.446. The van der Waals surface area contributed by atoms with E-state index in [4.69, 9.17) is 16.9 Å². The van der Waals surface area contributed by atoms with Gasteiger partial charge in [-0.25, -0.2) is 4.98 Å². The Morgan fingerprint density at radius 2 is 1.95 bits per heavy atom. The number of nitrogens with two attached hydrogens (primary N) is 2. The van der Waals surface area contributed by atoms with E-state index in [2.05, 4.69) is 9.97 Å². The number of aromatic amines is 1. The number of imidazole rings is 1. The molecule has 100 valence electrons. The van der Waals surface area contributed by atoms with Crippen LogP contribution in [0.5, 0.6) is 0 Å². The van der Waals surface area contributed by atoms with Crippen LogP contribution in [-0.4, -0.2) is 15.7 Å². The Morgan fingerprint density at radius 1 is 1.15 bits per heavy atom. The van der Waals surface area contributed by atoms with E-state index in [9.17, 15) is 0 Å². The van der Waals surface area contributed by atoms with Gasteiger partial charge in [0.05, 0.1) is 16.7 Å². The van der Waals surface area contributed by atoms with Crippen LogP contribution in [-0.2, 0) is 6.42 Å². The molecule has 20 heavy (non-hydrogen) atoms. The molecule has 5 nitrogen and oxygen atoms in total. The van der Waals surface area contributed by atoms with Crippen molar-refractivity contribution in [1.82, 2.24) is 9.97 Å². The zero-order valence-corrected chi connectivity index (χ0v) is 10.9. The molecule has 0 unspecified atom stereocenters. The third kappa shape index (κ3) is 2.21. The molecular weight excluding hydrogens is 250 g/mol. The van der Waals surface area contributed by atoms with E-state index in [1.807, 2.05) is 36.4 Å². The Balaban J connectivity index is 1.91. The summed E-state index contributed by atoms with van der Waals surface area (Å²) in [5.41, 5.74) is 16.0. The maximum atomic E-state index is 8.17. The molecule has 0 bridgehead atoms. The van der Waals surface area contributed by atoms with Crippen LogP contribution >= 0.6 is 0 Å². The van der Waals surface area contributed by atoms with Gasteiger partial charge in [-0.2, -0.15) is 0 Å². The topological polar surface area (TPSA) is 105 Å². The van der Waals surface area contributed by atoms with Crippen LogP contribution in [0.15, 0.2) is 42.5 Å². The van der Waals surface area contributed by atoms with Crippen LogP contribution in [0.1, 0.15) is 11.4 Å². The summed E-state index contributed by atoms with van der Waals surface area (Å²) in [6, 6.07) is 13.0. The van der Waals surface area contributed by atoms with E-state index in [1.165, 1.54) is 0 Å². The van der Waals surface area contributed by atoms with E-state index in [-0.39, 0.29) is 0 Å². The lowest BCUT2D eigenvalue weighted by atomic mass is 10.1. The Kier molecular flexibility index (Phi) is 2.87. The van der Waals surface area contributed by atoms with Gasteiger partial charge in [0, 0.05) is 17.8 Å². The molecule has 0 spiro atoms. The van der Waals surface area contributed by atoms with Gasteiger partial charge in [0.1, 0.15) is 0 Å². The molecule has 1 heterocycles. The van der Waals surface area contributed by atoms with Crippen LogP contribution in [0.4, 0.5) is 11.4 Å². The highest BCUT2D eigenvalue weighted by atomic mass is 14.9. The van der Waals surface area contributed by atoms with Crippen LogP contribution in [0.25, 0.3) is 11.0 Å². The lowest BCUT2D eigenvalue weighted by molar-refractivity contribution is 1.19. The highest BCUT2D eigenvalue weighted by Gasteiger charge is 2.10. The van der Waals surface area contributed by atoms with E-state index in [1.54, 1.807) is 6.07 Å². The molecule has 5 heteroatoms. The zero-order chi connectivity index (χ0) is 14.1. The quantitative estimate of drug-likeness (QED) is 0.431. The summed E-state index contributed by atoms with van der Waals surface area (Å²) in [7, 11) is 0. The number of benzene rings is 2. The molecule has 3 rings (SSSR count). The Bertz CT molecular complexity index is 788. The molecule has 0 saturated heterocycles. The minimum Gasteiger partial charge on any atom is -0.399 e. The fourth-order valence-corrected chi connectivity index (χ4v) is 2.14. The van der Waals surface area contributed by atoms with Crippen molar-refractivity contribution in [2.75, 3.05) is 11.5 Å². The third-order valence-electron chi connectivity index (χ3n) is 3.21. The van der Waals surface area contributed by atoms with Crippen molar-refractivity contribution >= 4 is 28.1 Å². The first-order valence-corrected chi connectivity index (χ1v) is 6.30. The van der Waals surface area contributed by atoms with E-state index >= 15 is 0 Å². The maximum absolute atomic E-state index is 8.17. The number of H-pyrrole nitrogens is 1. The number of anilines is 2. The summed E-state index contributed by atoms with van der Waals surface area (Å²) in [4.78, 5) is 7.52. The number of hydrogen-bond donors (Lipinski definition) is 4. The number of rotatable bonds is 3. The lowest BCUT2D eigenvalue weighted by Crippen LogP contribution is -2.07. The molecule has 0 atom stereocenters. The molecule has 0 fully saturated rings. The highest BCUT2D eigenvalue weighted by molar-refractivity contribution is 5.99. The first-order valence-electron chi connectivity index (χ1n) is 6.30. The van der Waals surface area contributed by atoms with Gasteiger partial charge in [-0.3, -0.25) is 0 Å². The average molecular weight is 265 g/mol. The van der Waals surface area contributed by atoms with Crippen molar-refractivity contribution in [3.63, 3.8) is 0 Å². The first-order chi connectivity index (χ1) is 9.63. The molecule has 0 aliphatic carbocycles. The van der Waals surface area contributed by atoms with Crippen molar-refractivity contribution in [1.29, 1.82) is 5.41 Å². The van der Waals surface area contributed by atoms with Gasteiger partial charge in [-0.05, 0) is 29.8 Å². The average Bonchev–Trinajstić information content (AvgIpc) is 2.84. The zero-order valence-electron chi connectivity index (χ0n) is 10.9. The molecule has 0 aliphatic rings. The smallest absolute Gasteiger partial charge is 0.152 e. The molecule has 0 radical (unpaired) electrons. The van der Waals surface area contributed by atoms with E-state index in [0.717, 1.165) is 16.6 Å². The van der Waals surface area contributed by atoms with Crippen LogP contribution in [0.2, 0.25) is 0 Å². The number of para-hydroxylation sites is 1. The van der Waals surface area contributed by atoms with Crippen molar-refractivity contribution in [2.45, 2.75) is 6.42 Å². The van der Waals surface area contributed by atoms with Gasteiger partial charge in [-0.15, -0.1) is 0 Å². The molecule has 6 N–H and O–H groups in total. The molecule has 2 aromatic carbocycles. The van der Waals surface area contributed by atoms with Gasteiger partial charge < -0.3 is 21.9 Å². The number of nitrogens with one attached hydrogen (secondary N) is 2. The second kappa shape index (κ2) is 4.70. The monoisotopic (exact) mass is 265 g/mol. The summed E-state index contributed by atoms with van der Waals surface area (Å²) in [5.74, 6) is 0.550. The van der Waals surface area contributed by atoms with Crippen LogP contribution in [0.3, 0.4) is 0 Å². The van der Waals surface area contributed by atoms with Gasteiger partial charge in [0.2, 0.25) is 0 Å². The summed E-state index contributed by atoms with van der Waals surface area (Å²) in [5, 5.41) is 8.17. The van der Waals surface area contributed by atoms with Gasteiger partial charge in [0.25, 0.3) is 0 Å². The molecule has 0 amide bonds. The molecule has 0 saturated carbocycles. The number of nitrogen functional groups attached to an aromatic ring is 2. The largest absolute Gasteiger partial charge is 0.399 e. The summed E-state index contributed by atoms with van der Waals surface area (Å²) >= 11 is 0. The van der Waals surface area contributed by atoms with E-state index < -0.39 is 0 Å². The number of fused-ring (bicyclic) bond motifs is 1. The third-order valence-corrected chi connectivity index (χ3v) is 3.21. The van der Waals surface area contributed by atoms with Crippen molar-refractivity contribution in [2.24, 2.45) is 0 Å². The highest BCUT2D eigenvalue weighted by Crippen LogP contribution is 2.17. The van der Waals surface area contributed by atoms with Crippen molar-refractivity contribution in [3.05, 3.63) is 53.9 Å². The fraction of sp³-hybridized carbons (Fsp3) is 0.0667. The predicted molar refractivity (Wildman–Crippen MR) is 81.9 cm³/mol. The van der Waals surface area contributed by atoms with Gasteiger partial charge >= 0.3 is 0 Å². The summed E-state index contributed by atoms with van der Waals surface area (Å²) in [6.45, 7) is 0. The molecule has 3 aromatic rings. The minimum atomic E-state index is 0.401. The predicted octanol–water partition coefficient (Wildman–Crippen LogP) is 2.34. The summed E-state index contributed by atoms with van der Waals surface area (Å²) < 4.78 is 0. The molecular formula is C15H15N5. The number of nitrogens with zero attached hydrogens (tertiary/aromatic N) is 1. The SMILES string of the molecule is N=C(Cc1ccccc1N)c1nc2ccc(N)cc2[nH]1. The van der Waals surface area contributed by atoms with Gasteiger partial charge in [-0.1, -0.05) is 18.2 Å².